The largest absolute Gasteiger partial charge is 0.416 e. The molecular formula is C24H18ClF3N2O2. The molecule has 0 aliphatic carbocycles. The van der Waals surface area contributed by atoms with Crippen LogP contribution in [0.4, 0.5) is 18.9 Å². The second-order valence-corrected chi connectivity index (χ2v) is 7.86. The third-order valence-corrected chi connectivity index (χ3v) is 5.62. The van der Waals surface area contributed by atoms with E-state index in [1.807, 2.05) is 12.1 Å². The van der Waals surface area contributed by atoms with Crippen molar-refractivity contribution < 1.29 is 22.8 Å². The Morgan fingerprint density at radius 3 is 2.25 bits per heavy atom. The van der Waals surface area contributed by atoms with Gasteiger partial charge in [0.25, 0.3) is 11.8 Å². The van der Waals surface area contributed by atoms with Crippen LogP contribution in [0.25, 0.3) is 0 Å². The summed E-state index contributed by atoms with van der Waals surface area (Å²) in [4.78, 5) is 28.0. The number of hydrogen-bond donors (Lipinski definition) is 1. The maximum atomic E-state index is 13.3. The highest BCUT2D eigenvalue weighted by Crippen LogP contribution is 2.33. The maximum absolute atomic E-state index is 13.3. The number of fused-ring (bicyclic) bond motifs is 1. The molecule has 8 heteroatoms. The Morgan fingerprint density at radius 2 is 1.59 bits per heavy atom. The van der Waals surface area contributed by atoms with Crippen LogP contribution in [0.1, 0.15) is 33.1 Å². The van der Waals surface area contributed by atoms with E-state index in [-0.39, 0.29) is 11.6 Å². The molecule has 1 heterocycles. The average molecular weight is 459 g/mol. The Labute approximate surface area is 187 Å². The zero-order chi connectivity index (χ0) is 22.9. The van der Waals surface area contributed by atoms with Crippen molar-refractivity contribution in [2.24, 2.45) is 0 Å². The first kappa shape index (κ1) is 21.9. The first-order valence-electron chi connectivity index (χ1n) is 9.86. The van der Waals surface area contributed by atoms with Crippen molar-refractivity contribution in [1.82, 2.24) is 4.90 Å². The van der Waals surface area contributed by atoms with Gasteiger partial charge in [0.1, 0.15) is 6.04 Å². The average Bonchev–Trinajstić information content (AvgIpc) is 2.78. The lowest BCUT2D eigenvalue weighted by atomic mass is 9.91. The van der Waals surface area contributed by atoms with E-state index < -0.39 is 23.7 Å². The summed E-state index contributed by atoms with van der Waals surface area (Å²) in [6.45, 7) is 0.323. The van der Waals surface area contributed by atoms with Crippen LogP contribution < -0.4 is 5.32 Å². The van der Waals surface area contributed by atoms with E-state index in [0.717, 1.165) is 17.7 Å². The molecule has 0 spiro atoms. The van der Waals surface area contributed by atoms with Gasteiger partial charge in [-0.3, -0.25) is 9.59 Å². The molecule has 0 bridgehead atoms. The van der Waals surface area contributed by atoms with E-state index in [4.69, 9.17) is 11.6 Å². The number of alkyl halides is 3. The normalized spacial score (nSPS) is 15.8. The first-order valence-corrected chi connectivity index (χ1v) is 10.2. The van der Waals surface area contributed by atoms with E-state index in [1.54, 1.807) is 36.4 Å². The highest BCUT2D eigenvalue weighted by molar-refractivity contribution is 6.30. The Balaban J connectivity index is 1.64. The lowest BCUT2D eigenvalue weighted by molar-refractivity contribution is -0.137. The molecule has 4 nitrogen and oxygen atoms in total. The van der Waals surface area contributed by atoms with Gasteiger partial charge in [-0.2, -0.15) is 13.2 Å². The van der Waals surface area contributed by atoms with Gasteiger partial charge in [-0.15, -0.1) is 0 Å². The van der Waals surface area contributed by atoms with Crippen LogP contribution in [-0.4, -0.2) is 23.3 Å². The summed E-state index contributed by atoms with van der Waals surface area (Å²) in [5, 5.41) is 3.14. The maximum Gasteiger partial charge on any atom is 0.416 e. The van der Waals surface area contributed by atoms with E-state index in [2.05, 4.69) is 5.32 Å². The molecule has 1 atom stereocenters. The van der Waals surface area contributed by atoms with E-state index in [0.29, 0.717) is 29.1 Å². The summed E-state index contributed by atoms with van der Waals surface area (Å²) in [6.07, 6.45) is -3.88. The molecule has 0 saturated carbocycles. The molecular weight excluding hydrogens is 441 g/mol. The van der Waals surface area contributed by atoms with Crippen LogP contribution in [0, 0.1) is 0 Å². The van der Waals surface area contributed by atoms with Crippen LogP contribution >= 0.6 is 11.6 Å². The smallest absolute Gasteiger partial charge is 0.324 e. The number of rotatable bonds is 3. The topological polar surface area (TPSA) is 49.4 Å². The predicted molar refractivity (Wildman–Crippen MR) is 115 cm³/mol. The number of nitrogens with zero attached hydrogens (tertiary/aromatic N) is 1. The molecule has 0 radical (unpaired) electrons. The highest BCUT2D eigenvalue weighted by Gasteiger charge is 2.36. The van der Waals surface area contributed by atoms with Gasteiger partial charge >= 0.3 is 6.18 Å². The number of hydrogen-bond acceptors (Lipinski definition) is 2. The summed E-state index contributed by atoms with van der Waals surface area (Å²) < 4.78 is 38.5. The third kappa shape index (κ3) is 4.48. The standard InChI is InChI=1S/C24H18ClF3N2O2/c25-18-9-5-16(6-10-18)23(32)30-14-13-15-3-1-2-4-20(15)21(30)22(31)29-19-11-7-17(8-12-19)24(26,27)28/h1-12,21H,13-14H2,(H,29,31). The molecule has 0 saturated heterocycles. The summed E-state index contributed by atoms with van der Waals surface area (Å²) in [7, 11) is 0. The monoisotopic (exact) mass is 458 g/mol. The Hall–Kier alpha value is -3.32. The summed E-state index contributed by atoms with van der Waals surface area (Å²) >= 11 is 5.92. The number of amides is 2. The molecule has 2 amide bonds. The minimum Gasteiger partial charge on any atom is -0.324 e. The summed E-state index contributed by atoms with van der Waals surface area (Å²) in [6, 6.07) is 17.0. The van der Waals surface area contributed by atoms with Gasteiger partial charge in [0.15, 0.2) is 0 Å². The van der Waals surface area contributed by atoms with Crippen LogP contribution in [0.3, 0.4) is 0 Å². The molecule has 164 valence electrons. The molecule has 1 N–H and O–H groups in total. The number of halogens is 4. The van der Waals surface area contributed by atoms with E-state index in [9.17, 15) is 22.8 Å². The second-order valence-electron chi connectivity index (χ2n) is 7.42. The van der Waals surface area contributed by atoms with Gasteiger partial charge in [-0.1, -0.05) is 35.9 Å². The van der Waals surface area contributed by atoms with Gasteiger partial charge in [0, 0.05) is 22.8 Å². The number of carbonyl (C=O) groups excluding carboxylic acids is 2. The van der Waals surface area contributed by atoms with Crippen molar-refractivity contribution >= 4 is 29.1 Å². The van der Waals surface area contributed by atoms with E-state index in [1.165, 1.54) is 17.0 Å². The fraction of sp³-hybridized carbons (Fsp3) is 0.167. The van der Waals surface area contributed by atoms with Crippen molar-refractivity contribution in [1.29, 1.82) is 0 Å². The first-order chi connectivity index (χ1) is 15.2. The molecule has 3 aromatic carbocycles. The van der Waals surface area contributed by atoms with Crippen LogP contribution in [0.2, 0.25) is 5.02 Å². The fourth-order valence-electron chi connectivity index (χ4n) is 3.78. The van der Waals surface area contributed by atoms with Gasteiger partial charge < -0.3 is 10.2 Å². The lowest BCUT2D eigenvalue weighted by Crippen LogP contribution is -2.45. The molecule has 3 aromatic rings. The lowest BCUT2D eigenvalue weighted by Gasteiger charge is -2.36. The van der Waals surface area contributed by atoms with Gasteiger partial charge in [-0.25, -0.2) is 0 Å². The van der Waals surface area contributed by atoms with Crippen molar-refractivity contribution in [3.05, 3.63) is 100 Å². The SMILES string of the molecule is O=C(Nc1ccc(C(F)(F)F)cc1)C1c2ccccc2CCN1C(=O)c1ccc(Cl)cc1. The number of anilines is 1. The van der Waals surface area contributed by atoms with Gasteiger partial charge in [0.05, 0.1) is 5.56 Å². The molecule has 1 unspecified atom stereocenters. The number of carbonyl (C=O) groups is 2. The summed E-state index contributed by atoms with van der Waals surface area (Å²) in [5.74, 6) is -0.831. The van der Waals surface area contributed by atoms with Crippen molar-refractivity contribution in [3.63, 3.8) is 0 Å². The zero-order valence-electron chi connectivity index (χ0n) is 16.7. The molecule has 0 aromatic heterocycles. The number of benzene rings is 3. The van der Waals surface area contributed by atoms with Crippen LogP contribution in [0.5, 0.6) is 0 Å². The fourth-order valence-corrected chi connectivity index (χ4v) is 3.91. The van der Waals surface area contributed by atoms with Gasteiger partial charge in [-0.05, 0) is 66.1 Å². The third-order valence-electron chi connectivity index (χ3n) is 5.36. The molecule has 32 heavy (non-hydrogen) atoms. The Bertz CT molecular complexity index is 1150. The minimum atomic E-state index is -4.47. The van der Waals surface area contributed by atoms with Crippen molar-refractivity contribution in [2.75, 3.05) is 11.9 Å². The zero-order valence-corrected chi connectivity index (χ0v) is 17.5. The minimum absolute atomic E-state index is 0.213. The quantitative estimate of drug-likeness (QED) is 0.544. The Kier molecular flexibility index (Phi) is 5.93. The highest BCUT2D eigenvalue weighted by atomic mass is 35.5. The Morgan fingerprint density at radius 1 is 0.938 bits per heavy atom. The van der Waals surface area contributed by atoms with Crippen LogP contribution in [0.15, 0.2) is 72.8 Å². The molecule has 1 aliphatic heterocycles. The van der Waals surface area contributed by atoms with Crippen molar-refractivity contribution in [2.45, 2.75) is 18.6 Å². The van der Waals surface area contributed by atoms with Crippen LogP contribution in [-0.2, 0) is 17.4 Å². The van der Waals surface area contributed by atoms with Gasteiger partial charge in [0.2, 0.25) is 0 Å². The predicted octanol–water partition coefficient (Wildman–Crippen LogP) is 5.74. The molecule has 4 rings (SSSR count). The number of nitrogens with one attached hydrogen (secondary N) is 1. The summed E-state index contributed by atoms with van der Waals surface area (Å²) in [5.41, 5.74) is 1.43. The molecule has 0 fully saturated rings. The van der Waals surface area contributed by atoms with E-state index >= 15 is 0 Å². The second kappa shape index (κ2) is 8.67. The van der Waals surface area contributed by atoms with Crippen molar-refractivity contribution in [3.8, 4) is 0 Å². The molecule has 1 aliphatic rings.